The third-order valence-corrected chi connectivity index (χ3v) is 9.29. The summed E-state index contributed by atoms with van der Waals surface area (Å²) in [5.74, 6) is 6.74. The predicted molar refractivity (Wildman–Crippen MR) is 116 cm³/mol. The van der Waals surface area contributed by atoms with Gasteiger partial charge in [0.2, 0.25) is 10.0 Å². The van der Waals surface area contributed by atoms with Crippen LogP contribution in [0.4, 0.5) is 0 Å². The molecule has 0 radical (unpaired) electrons. The number of hydrogen-bond donors (Lipinski definition) is 0. The number of sulfonamides is 1. The molecular weight excluding hydrogens is 394 g/mol. The van der Waals surface area contributed by atoms with E-state index in [1.165, 1.54) is 42.8 Å². The summed E-state index contributed by atoms with van der Waals surface area (Å²) in [6.45, 7) is 2.11. The first-order valence-electron chi connectivity index (χ1n) is 11.0. The Morgan fingerprint density at radius 3 is 2.20 bits per heavy atom. The Balaban J connectivity index is 1.39. The van der Waals surface area contributed by atoms with Crippen molar-refractivity contribution in [1.82, 2.24) is 4.31 Å². The Morgan fingerprint density at radius 2 is 1.63 bits per heavy atom. The van der Waals surface area contributed by atoms with Gasteiger partial charge >= 0.3 is 0 Å². The van der Waals surface area contributed by atoms with Gasteiger partial charge in [0.1, 0.15) is 11.5 Å². The highest BCUT2D eigenvalue weighted by atomic mass is 32.2. The molecule has 1 aromatic heterocycles. The highest BCUT2D eigenvalue weighted by Gasteiger charge is 2.53. The van der Waals surface area contributed by atoms with Gasteiger partial charge in [-0.25, -0.2) is 8.42 Å². The Labute approximate surface area is 179 Å². The fraction of sp³-hybridized carbons (Fsp3) is 0.520. The monoisotopic (exact) mass is 423 g/mol. The molecule has 0 N–H and O–H groups in total. The minimum Gasteiger partial charge on any atom is -0.464 e. The van der Waals surface area contributed by atoms with Crippen molar-refractivity contribution >= 4 is 10.0 Å². The average Bonchev–Trinajstić information content (AvgIpc) is 3.17. The first-order chi connectivity index (χ1) is 14.4. The molecule has 0 amide bonds. The smallest absolute Gasteiger partial charge is 0.244 e. The second-order valence-corrected chi connectivity index (χ2v) is 11.7. The number of furan rings is 1. The lowest BCUT2D eigenvalue weighted by atomic mass is 9.49. The lowest BCUT2D eigenvalue weighted by molar-refractivity contribution is -0.0157. The molecule has 1 aromatic carbocycles. The number of rotatable bonds is 6. The van der Waals surface area contributed by atoms with Crippen LogP contribution in [-0.2, 0) is 22.0 Å². The van der Waals surface area contributed by atoms with E-state index >= 15 is 0 Å². The van der Waals surface area contributed by atoms with Gasteiger partial charge in [-0.3, -0.25) is 0 Å². The molecule has 1 heterocycles. The van der Waals surface area contributed by atoms with E-state index in [0.29, 0.717) is 5.76 Å². The average molecular weight is 424 g/mol. The van der Waals surface area contributed by atoms with Crippen LogP contribution in [0.1, 0.15) is 55.6 Å². The molecule has 5 heteroatoms. The van der Waals surface area contributed by atoms with Crippen LogP contribution >= 0.6 is 0 Å². The fourth-order valence-electron chi connectivity index (χ4n) is 6.52. The number of aryl methyl sites for hydroxylation is 1. The summed E-state index contributed by atoms with van der Waals surface area (Å²) in [5, 5.41) is 0. The van der Waals surface area contributed by atoms with Crippen LogP contribution in [0.15, 0.2) is 45.7 Å². The Hall–Kier alpha value is -2.03. The van der Waals surface area contributed by atoms with Crippen LogP contribution in [0.3, 0.4) is 0 Å². The standard InChI is InChI=1S/C25H29NO3S/c1-3-10-26(30(27,28)23-7-4-18(2)5-8-23)17-22-6-9-24(29-22)25-14-19-11-20(15-25)13-21(12-19)16-25/h1,4-9,19-21H,10-17H2,2H3. The van der Waals surface area contributed by atoms with Gasteiger partial charge in [-0.05, 0) is 87.5 Å². The minimum absolute atomic E-state index is 0.0175. The fourth-order valence-corrected chi connectivity index (χ4v) is 7.84. The van der Waals surface area contributed by atoms with E-state index in [4.69, 9.17) is 10.8 Å². The lowest BCUT2D eigenvalue weighted by Gasteiger charge is -2.55. The summed E-state index contributed by atoms with van der Waals surface area (Å²) in [5.41, 5.74) is 1.18. The van der Waals surface area contributed by atoms with Gasteiger partial charge in [0, 0.05) is 5.41 Å². The van der Waals surface area contributed by atoms with E-state index in [1.54, 1.807) is 24.3 Å². The number of hydrogen-bond acceptors (Lipinski definition) is 3. The Bertz CT molecular complexity index is 1040. The van der Waals surface area contributed by atoms with Gasteiger partial charge in [-0.15, -0.1) is 6.42 Å². The number of nitrogens with zero attached hydrogens (tertiary/aromatic N) is 1. The quantitative estimate of drug-likeness (QED) is 0.622. The molecular formula is C25H29NO3S. The first-order valence-corrected chi connectivity index (χ1v) is 12.4. The van der Waals surface area contributed by atoms with Crippen LogP contribution < -0.4 is 0 Å². The molecule has 0 spiro atoms. The van der Waals surface area contributed by atoms with E-state index < -0.39 is 10.0 Å². The largest absolute Gasteiger partial charge is 0.464 e. The van der Waals surface area contributed by atoms with Crippen molar-refractivity contribution in [1.29, 1.82) is 0 Å². The van der Waals surface area contributed by atoms with Crippen molar-refractivity contribution in [3.8, 4) is 12.3 Å². The molecule has 2 aromatic rings. The molecule has 4 aliphatic rings. The van der Waals surface area contributed by atoms with E-state index in [1.807, 2.05) is 13.0 Å². The van der Waals surface area contributed by atoms with Crippen LogP contribution in [0, 0.1) is 37.0 Å². The normalized spacial score (nSPS) is 30.0. The van der Waals surface area contributed by atoms with Crippen molar-refractivity contribution in [2.45, 2.75) is 62.3 Å². The molecule has 158 valence electrons. The second-order valence-electron chi connectivity index (χ2n) is 9.75. The topological polar surface area (TPSA) is 50.5 Å². The molecule has 30 heavy (non-hydrogen) atoms. The predicted octanol–water partition coefficient (Wildman–Crippen LogP) is 4.88. The zero-order chi connectivity index (χ0) is 20.9. The first kappa shape index (κ1) is 19.9. The zero-order valence-corrected chi connectivity index (χ0v) is 18.3. The lowest BCUT2D eigenvalue weighted by Crippen LogP contribution is -2.48. The molecule has 4 fully saturated rings. The summed E-state index contributed by atoms with van der Waals surface area (Å²) in [4.78, 5) is 0.260. The molecule has 0 saturated heterocycles. The van der Waals surface area contributed by atoms with Gasteiger partial charge in [0.15, 0.2) is 0 Å². The van der Waals surface area contributed by atoms with Crippen molar-refractivity contribution < 1.29 is 12.8 Å². The summed E-state index contributed by atoms with van der Waals surface area (Å²) in [6, 6.07) is 10.9. The molecule has 4 aliphatic carbocycles. The van der Waals surface area contributed by atoms with E-state index in [9.17, 15) is 8.42 Å². The molecule has 6 rings (SSSR count). The Morgan fingerprint density at radius 1 is 1.03 bits per heavy atom. The van der Waals surface area contributed by atoms with Gasteiger partial charge in [0.25, 0.3) is 0 Å². The van der Waals surface area contributed by atoms with Crippen LogP contribution in [0.25, 0.3) is 0 Å². The summed E-state index contributed by atoms with van der Waals surface area (Å²) >= 11 is 0. The van der Waals surface area contributed by atoms with Crippen molar-refractivity contribution in [3.05, 3.63) is 53.5 Å². The van der Waals surface area contributed by atoms with Gasteiger partial charge in [-0.2, -0.15) is 4.31 Å². The molecule has 4 nitrogen and oxygen atoms in total. The maximum Gasteiger partial charge on any atom is 0.244 e. The maximum atomic E-state index is 13.2. The van der Waals surface area contributed by atoms with Gasteiger partial charge in [0.05, 0.1) is 18.0 Å². The summed E-state index contributed by atoms with van der Waals surface area (Å²) in [7, 11) is -3.68. The summed E-state index contributed by atoms with van der Waals surface area (Å²) in [6.07, 6.45) is 13.3. The zero-order valence-electron chi connectivity index (χ0n) is 17.5. The molecule has 0 unspecified atom stereocenters. The molecule has 0 aliphatic heterocycles. The van der Waals surface area contributed by atoms with E-state index in [2.05, 4.69) is 12.0 Å². The third kappa shape index (κ3) is 3.40. The highest BCUT2D eigenvalue weighted by Crippen LogP contribution is 2.60. The van der Waals surface area contributed by atoms with E-state index in [0.717, 1.165) is 29.1 Å². The molecule has 4 saturated carbocycles. The Kier molecular flexibility index (Phi) is 4.83. The number of terminal acetylenes is 1. The van der Waals surface area contributed by atoms with Crippen LogP contribution in [-0.4, -0.2) is 19.3 Å². The van der Waals surface area contributed by atoms with Crippen molar-refractivity contribution in [2.24, 2.45) is 17.8 Å². The van der Waals surface area contributed by atoms with Crippen molar-refractivity contribution in [2.75, 3.05) is 6.54 Å². The minimum atomic E-state index is -3.68. The molecule has 0 atom stereocenters. The number of benzene rings is 1. The van der Waals surface area contributed by atoms with Gasteiger partial charge in [-0.1, -0.05) is 23.6 Å². The third-order valence-electron chi connectivity index (χ3n) is 7.48. The van der Waals surface area contributed by atoms with Crippen LogP contribution in [0.5, 0.6) is 0 Å². The van der Waals surface area contributed by atoms with Crippen LogP contribution in [0.2, 0.25) is 0 Å². The maximum absolute atomic E-state index is 13.2. The highest BCUT2D eigenvalue weighted by molar-refractivity contribution is 7.89. The second kappa shape index (κ2) is 7.28. The SMILES string of the molecule is C#CCN(Cc1ccc(C23CC4CC(CC(C4)C2)C3)o1)S(=O)(=O)c1ccc(C)cc1. The molecule has 4 bridgehead atoms. The van der Waals surface area contributed by atoms with E-state index in [-0.39, 0.29) is 23.4 Å². The van der Waals surface area contributed by atoms with Gasteiger partial charge < -0.3 is 4.42 Å². The van der Waals surface area contributed by atoms with Crippen molar-refractivity contribution in [3.63, 3.8) is 0 Å². The summed E-state index contributed by atoms with van der Waals surface area (Å²) < 4.78 is 34.0.